The summed E-state index contributed by atoms with van der Waals surface area (Å²) in [5.74, 6) is 0. The lowest BCUT2D eigenvalue weighted by atomic mass is 10.2. The molecule has 76 valence electrons. The first-order chi connectivity index (χ1) is 6.35. The molecule has 0 aromatic heterocycles. The minimum Gasteiger partial charge on any atom is -0.396 e. The maximum atomic E-state index is 9.97. The minimum absolute atomic E-state index is 0.622. The fraction of sp³-hybridized carbons (Fsp3) is 0.800. The van der Waals surface area contributed by atoms with E-state index in [2.05, 4.69) is 19.0 Å². The first-order valence-corrected chi connectivity index (χ1v) is 4.96. The van der Waals surface area contributed by atoms with Crippen LogP contribution in [0.15, 0.2) is 5.16 Å². The molecule has 0 radical (unpaired) electrons. The standard InChI is InChI=1S/C10H19NO2/c1-3-10(4-2)11-13-9-7-5-6-8-12/h8H,3-7,9H2,1-2H3. The van der Waals surface area contributed by atoms with Crippen molar-refractivity contribution in [2.75, 3.05) is 6.61 Å². The summed E-state index contributed by atoms with van der Waals surface area (Å²) < 4.78 is 0. The molecule has 0 atom stereocenters. The predicted molar refractivity (Wildman–Crippen MR) is 53.9 cm³/mol. The van der Waals surface area contributed by atoms with Gasteiger partial charge in [-0.2, -0.15) is 0 Å². The Morgan fingerprint density at radius 1 is 1.31 bits per heavy atom. The maximum Gasteiger partial charge on any atom is 0.119 e. The highest BCUT2D eigenvalue weighted by Gasteiger charge is 1.92. The number of hydrogen-bond donors (Lipinski definition) is 0. The van der Waals surface area contributed by atoms with Crippen molar-refractivity contribution < 1.29 is 9.63 Å². The Bertz CT molecular complexity index is 149. The number of nitrogens with zero attached hydrogens (tertiary/aromatic N) is 1. The molecule has 0 saturated heterocycles. The number of aldehydes is 1. The Hall–Kier alpha value is -0.860. The second kappa shape index (κ2) is 9.23. The van der Waals surface area contributed by atoms with E-state index in [-0.39, 0.29) is 0 Å². The summed E-state index contributed by atoms with van der Waals surface area (Å²) in [5, 5.41) is 3.99. The fourth-order valence-corrected chi connectivity index (χ4v) is 0.910. The number of hydrogen-bond acceptors (Lipinski definition) is 3. The molecular formula is C10H19NO2. The smallest absolute Gasteiger partial charge is 0.119 e. The molecule has 0 fully saturated rings. The van der Waals surface area contributed by atoms with Crippen molar-refractivity contribution in [1.29, 1.82) is 0 Å². The molecule has 0 aliphatic carbocycles. The number of rotatable bonds is 8. The van der Waals surface area contributed by atoms with E-state index in [0.29, 0.717) is 13.0 Å². The molecule has 0 aromatic rings. The minimum atomic E-state index is 0.622. The van der Waals surface area contributed by atoms with Crippen LogP contribution >= 0.6 is 0 Å². The van der Waals surface area contributed by atoms with E-state index in [1.54, 1.807) is 0 Å². The van der Waals surface area contributed by atoms with Crippen LogP contribution < -0.4 is 0 Å². The van der Waals surface area contributed by atoms with Crippen molar-refractivity contribution in [3.05, 3.63) is 0 Å². The summed E-state index contributed by atoms with van der Waals surface area (Å²) in [4.78, 5) is 15.1. The van der Waals surface area contributed by atoms with Gasteiger partial charge in [-0.1, -0.05) is 19.0 Å². The van der Waals surface area contributed by atoms with Gasteiger partial charge in [0, 0.05) is 6.42 Å². The lowest BCUT2D eigenvalue weighted by Crippen LogP contribution is -1.96. The zero-order chi connectivity index (χ0) is 9.94. The zero-order valence-corrected chi connectivity index (χ0v) is 8.58. The molecule has 0 rings (SSSR count). The van der Waals surface area contributed by atoms with E-state index >= 15 is 0 Å². The Labute approximate surface area is 80.1 Å². The molecule has 0 heterocycles. The van der Waals surface area contributed by atoms with Crippen molar-refractivity contribution in [2.24, 2.45) is 5.16 Å². The number of carbonyl (C=O) groups excluding carboxylic acids is 1. The highest BCUT2D eigenvalue weighted by atomic mass is 16.6. The lowest BCUT2D eigenvalue weighted by Gasteiger charge is -2.00. The molecule has 3 nitrogen and oxygen atoms in total. The predicted octanol–water partition coefficient (Wildman–Crippen LogP) is 2.55. The molecule has 0 spiro atoms. The van der Waals surface area contributed by atoms with Crippen molar-refractivity contribution in [2.45, 2.75) is 46.0 Å². The SMILES string of the molecule is CCC(CC)=NOCCCCC=O. The van der Waals surface area contributed by atoms with Crippen LogP contribution in [0.5, 0.6) is 0 Å². The third-order valence-electron chi connectivity index (χ3n) is 1.82. The summed E-state index contributed by atoms with van der Waals surface area (Å²) in [5.41, 5.74) is 1.09. The molecule has 0 bridgehead atoms. The van der Waals surface area contributed by atoms with Crippen LogP contribution in [-0.4, -0.2) is 18.6 Å². The van der Waals surface area contributed by atoms with Crippen LogP contribution in [0.3, 0.4) is 0 Å². The van der Waals surface area contributed by atoms with Crippen molar-refractivity contribution in [3.63, 3.8) is 0 Å². The molecular weight excluding hydrogens is 166 g/mol. The third-order valence-corrected chi connectivity index (χ3v) is 1.82. The summed E-state index contributed by atoms with van der Waals surface area (Å²) in [7, 11) is 0. The third kappa shape index (κ3) is 7.50. The van der Waals surface area contributed by atoms with Crippen LogP contribution in [-0.2, 0) is 9.63 Å². The van der Waals surface area contributed by atoms with Gasteiger partial charge in [0.15, 0.2) is 0 Å². The van der Waals surface area contributed by atoms with E-state index in [9.17, 15) is 4.79 Å². The zero-order valence-electron chi connectivity index (χ0n) is 8.58. The van der Waals surface area contributed by atoms with Crippen molar-refractivity contribution in [1.82, 2.24) is 0 Å². The molecule has 3 heteroatoms. The van der Waals surface area contributed by atoms with Crippen molar-refractivity contribution >= 4 is 12.0 Å². The molecule has 0 saturated carbocycles. The normalized spacial score (nSPS) is 9.38. The van der Waals surface area contributed by atoms with Gasteiger partial charge in [0.2, 0.25) is 0 Å². The van der Waals surface area contributed by atoms with Gasteiger partial charge >= 0.3 is 0 Å². The molecule has 0 aliphatic heterocycles. The first kappa shape index (κ1) is 12.1. The molecule has 0 N–H and O–H groups in total. The Morgan fingerprint density at radius 2 is 2.00 bits per heavy atom. The number of oxime groups is 1. The Kier molecular flexibility index (Phi) is 8.62. The van der Waals surface area contributed by atoms with Crippen LogP contribution in [0.25, 0.3) is 0 Å². The Balaban J connectivity index is 3.31. The van der Waals surface area contributed by atoms with Gasteiger partial charge in [-0.15, -0.1) is 0 Å². The topological polar surface area (TPSA) is 38.7 Å². The van der Waals surface area contributed by atoms with Gasteiger partial charge in [-0.25, -0.2) is 0 Å². The molecule has 13 heavy (non-hydrogen) atoms. The Morgan fingerprint density at radius 3 is 2.54 bits per heavy atom. The van der Waals surface area contributed by atoms with E-state index in [0.717, 1.165) is 37.7 Å². The summed E-state index contributed by atoms with van der Waals surface area (Å²) in [6, 6.07) is 0. The monoisotopic (exact) mass is 185 g/mol. The van der Waals surface area contributed by atoms with E-state index < -0.39 is 0 Å². The van der Waals surface area contributed by atoms with Gasteiger partial charge < -0.3 is 9.63 Å². The molecule has 0 aliphatic rings. The summed E-state index contributed by atoms with van der Waals surface area (Å²) in [6.07, 6.45) is 5.26. The van der Waals surface area contributed by atoms with Crippen LogP contribution in [0, 0.1) is 0 Å². The van der Waals surface area contributed by atoms with Gasteiger partial charge in [-0.05, 0) is 25.7 Å². The van der Waals surface area contributed by atoms with Crippen LogP contribution in [0.4, 0.5) is 0 Å². The highest BCUT2D eigenvalue weighted by molar-refractivity contribution is 5.83. The first-order valence-electron chi connectivity index (χ1n) is 4.96. The molecule has 0 amide bonds. The number of carbonyl (C=O) groups is 1. The largest absolute Gasteiger partial charge is 0.396 e. The average Bonchev–Trinajstić information content (AvgIpc) is 2.17. The summed E-state index contributed by atoms with van der Waals surface area (Å²) >= 11 is 0. The van der Waals surface area contributed by atoms with Gasteiger partial charge in [-0.3, -0.25) is 0 Å². The number of unbranched alkanes of at least 4 members (excludes halogenated alkanes) is 2. The molecule has 0 unspecified atom stereocenters. The van der Waals surface area contributed by atoms with Crippen LogP contribution in [0.1, 0.15) is 46.0 Å². The second-order valence-electron chi connectivity index (χ2n) is 2.86. The maximum absolute atomic E-state index is 9.97. The highest BCUT2D eigenvalue weighted by Crippen LogP contribution is 1.96. The van der Waals surface area contributed by atoms with Gasteiger partial charge in [0.25, 0.3) is 0 Å². The quantitative estimate of drug-likeness (QED) is 0.252. The van der Waals surface area contributed by atoms with E-state index in [1.807, 2.05) is 0 Å². The van der Waals surface area contributed by atoms with Crippen LogP contribution in [0.2, 0.25) is 0 Å². The summed E-state index contributed by atoms with van der Waals surface area (Å²) in [6.45, 7) is 4.76. The van der Waals surface area contributed by atoms with Gasteiger partial charge in [0.05, 0.1) is 5.71 Å². The van der Waals surface area contributed by atoms with E-state index in [4.69, 9.17) is 4.84 Å². The van der Waals surface area contributed by atoms with E-state index in [1.165, 1.54) is 0 Å². The molecule has 0 aromatic carbocycles. The second-order valence-corrected chi connectivity index (χ2v) is 2.86. The lowest BCUT2D eigenvalue weighted by molar-refractivity contribution is -0.108. The van der Waals surface area contributed by atoms with Gasteiger partial charge in [0.1, 0.15) is 12.9 Å². The fourth-order valence-electron chi connectivity index (χ4n) is 0.910. The van der Waals surface area contributed by atoms with Crippen molar-refractivity contribution in [3.8, 4) is 0 Å². The average molecular weight is 185 g/mol.